The number of methoxy groups -OCH3 is 2. The smallest absolute Gasteiger partial charge is 0.161 e. The van der Waals surface area contributed by atoms with Crippen molar-refractivity contribution in [1.29, 1.82) is 0 Å². The number of ether oxygens (including phenoxy) is 2. The summed E-state index contributed by atoms with van der Waals surface area (Å²) in [6, 6.07) is 6.24. The molecule has 0 aromatic heterocycles. The average molecular weight is 252 g/mol. The van der Waals surface area contributed by atoms with E-state index < -0.39 is 0 Å². The number of benzene rings is 1. The second kappa shape index (κ2) is 7.24. The molecule has 0 aliphatic heterocycles. The van der Waals surface area contributed by atoms with Crippen LogP contribution in [0, 0.1) is 5.92 Å². The van der Waals surface area contributed by atoms with Gasteiger partial charge >= 0.3 is 0 Å². The molecule has 1 aromatic carbocycles. The second-order valence-corrected chi connectivity index (χ2v) is 4.28. The molecule has 4 heteroatoms. The van der Waals surface area contributed by atoms with Crippen molar-refractivity contribution in [3.8, 4) is 11.5 Å². The van der Waals surface area contributed by atoms with Gasteiger partial charge in [0.15, 0.2) is 11.5 Å². The Bertz CT molecular complexity index is 365. The van der Waals surface area contributed by atoms with Crippen LogP contribution < -0.4 is 20.5 Å². The molecule has 0 saturated carbocycles. The van der Waals surface area contributed by atoms with E-state index in [0.29, 0.717) is 12.5 Å². The molecule has 2 unspecified atom stereocenters. The summed E-state index contributed by atoms with van der Waals surface area (Å²) in [5.41, 5.74) is 7.00. The molecular weight excluding hydrogens is 228 g/mol. The Morgan fingerprint density at radius 1 is 1.22 bits per heavy atom. The third-order valence-corrected chi connectivity index (χ3v) is 3.38. The first-order valence-electron chi connectivity index (χ1n) is 6.31. The maximum atomic E-state index is 5.83. The lowest BCUT2D eigenvalue weighted by atomic mass is 9.91. The van der Waals surface area contributed by atoms with Crippen LogP contribution in [0.4, 0.5) is 0 Å². The van der Waals surface area contributed by atoms with Gasteiger partial charge in [0.05, 0.1) is 14.2 Å². The maximum absolute atomic E-state index is 5.83. The number of nitrogens with one attached hydrogen (secondary N) is 1. The van der Waals surface area contributed by atoms with Crippen molar-refractivity contribution in [3.05, 3.63) is 23.8 Å². The topological polar surface area (TPSA) is 56.5 Å². The molecule has 0 spiro atoms. The van der Waals surface area contributed by atoms with Crippen molar-refractivity contribution in [2.75, 3.05) is 27.8 Å². The van der Waals surface area contributed by atoms with Crippen LogP contribution in [0.15, 0.2) is 18.2 Å². The van der Waals surface area contributed by atoms with Crippen molar-refractivity contribution in [1.82, 2.24) is 5.32 Å². The number of rotatable bonds is 7. The molecule has 0 amide bonds. The molecule has 0 aliphatic rings. The lowest BCUT2D eigenvalue weighted by Crippen LogP contribution is -2.30. The molecule has 3 N–H and O–H groups in total. The Kier molecular flexibility index (Phi) is 5.95. The fraction of sp³-hybridized carbons (Fsp3) is 0.571. The molecule has 1 rings (SSSR count). The van der Waals surface area contributed by atoms with Gasteiger partial charge < -0.3 is 20.5 Å². The summed E-state index contributed by atoms with van der Waals surface area (Å²) in [6.45, 7) is 2.82. The maximum Gasteiger partial charge on any atom is 0.161 e. The van der Waals surface area contributed by atoms with Gasteiger partial charge in [0.25, 0.3) is 0 Å². The van der Waals surface area contributed by atoms with Crippen LogP contribution in [0.1, 0.15) is 24.9 Å². The predicted octanol–water partition coefficient (Wildman–Crippen LogP) is 1.95. The van der Waals surface area contributed by atoms with Crippen molar-refractivity contribution in [2.24, 2.45) is 11.7 Å². The lowest BCUT2D eigenvalue weighted by molar-refractivity contribution is 0.349. The molecule has 2 atom stereocenters. The largest absolute Gasteiger partial charge is 0.493 e. The van der Waals surface area contributed by atoms with Gasteiger partial charge in [0, 0.05) is 6.04 Å². The van der Waals surface area contributed by atoms with E-state index in [2.05, 4.69) is 18.3 Å². The minimum atomic E-state index is 0.236. The quantitative estimate of drug-likeness (QED) is 0.779. The molecule has 0 bridgehead atoms. The van der Waals surface area contributed by atoms with Gasteiger partial charge in [-0.25, -0.2) is 0 Å². The molecule has 4 nitrogen and oxygen atoms in total. The first kappa shape index (κ1) is 14.8. The Morgan fingerprint density at radius 2 is 1.89 bits per heavy atom. The summed E-state index contributed by atoms with van der Waals surface area (Å²) in [6.07, 6.45) is 1.04. The van der Waals surface area contributed by atoms with Crippen molar-refractivity contribution < 1.29 is 9.47 Å². The van der Waals surface area contributed by atoms with Gasteiger partial charge in [-0.05, 0) is 37.2 Å². The zero-order valence-corrected chi connectivity index (χ0v) is 11.7. The zero-order chi connectivity index (χ0) is 13.5. The standard InChI is InChI=1S/C14H24N2O2/c1-5-10(9-15)14(16-2)11-6-7-12(17-3)13(8-11)18-4/h6-8,10,14,16H,5,9,15H2,1-4H3. The number of hydrogen-bond acceptors (Lipinski definition) is 4. The Labute approximate surface area is 109 Å². The van der Waals surface area contributed by atoms with Crippen LogP contribution in [0.2, 0.25) is 0 Å². The lowest BCUT2D eigenvalue weighted by Gasteiger charge is -2.25. The van der Waals surface area contributed by atoms with Crippen molar-refractivity contribution in [2.45, 2.75) is 19.4 Å². The van der Waals surface area contributed by atoms with E-state index in [1.807, 2.05) is 19.2 Å². The van der Waals surface area contributed by atoms with Crippen LogP contribution >= 0.6 is 0 Å². The van der Waals surface area contributed by atoms with Crippen LogP contribution in [0.3, 0.4) is 0 Å². The van der Waals surface area contributed by atoms with Gasteiger partial charge in [0.1, 0.15) is 0 Å². The van der Waals surface area contributed by atoms with E-state index in [9.17, 15) is 0 Å². The molecule has 0 saturated heterocycles. The highest BCUT2D eigenvalue weighted by atomic mass is 16.5. The normalized spacial score (nSPS) is 14.1. The number of hydrogen-bond donors (Lipinski definition) is 2. The third kappa shape index (κ3) is 3.15. The monoisotopic (exact) mass is 252 g/mol. The fourth-order valence-corrected chi connectivity index (χ4v) is 2.26. The molecule has 0 radical (unpaired) electrons. The SMILES string of the molecule is CCC(CN)C(NC)c1ccc(OC)c(OC)c1. The van der Waals surface area contributed by atoms with Crippen LogP contribution in [-0.4, -0.2) is 27.8 Å². The molecule has 102 valence electrons. The first-order valence-corrected chi connectivity index (χ1v) is 6.31. The minimum Gasteiger partial charge on any atom is -0.493 e. The average Bonchev–Trinajstić information content (AvgIpc) is 2.43. The molecule has 0 aliphatic carbocycles. The summed E-state index contributed by atoms with van der Waals surface area (Å²) in [5, 5.41) is 3.33. The summed E-state index contributed by atoms with van der Waals surface area (Å²) in [4.78, 5) is 0. The highest BCUT2D eigenvalue weighted by molar-refractivity contribution is 5.43. The Balaban J connectivity index is 3.06. The van der Waals surface area contributed by atoms with E-state index in [0.717, 1.165) is 17.9 Å². The summed E-state index contributed by atoms with van der Waals surface area (Å²) in [7, 11) is 5.25. The molecule has 0 fully saturated rings. The Hall–Kier alpha value is -1.26. The summed E-state index contributed by atoms with van der Waals surface area (Å²) < 4.78 is 10.6. The molecule has 1 aromatic rings. The first-order chi connectivity index (χ1) is 8.71. The van der Waals surface area contributed by atoms with Gasteiger partial charge in [-0.2, -0.15) is 0 Å². The van der Waals surface area contributed by atoms with E-state index in [1.54, 1.807) is 14.2 Å². The van der Waals surface area contributed by atoms with Crippen LogP contribution in [-0.2, 0) is 0 Å². The van der Waals surface area contributed by atoms with Crippen LogP contribution in [0.5, 0.6) is 11.5 Å². The Morgan fingerprint density at radius 3 is 2.33 bits per heavy atom. The van der Waals surface area contributed by atoms with E-state index in [-0.39, 0.29) is 6.04 Å². The number of nitrogens with two attached hydrogens (primary N) is 1. The van der Waals surface area contributed by atoms with Crippen molar-refractivity contribution >= 4 is 0 Å². The second-order valence-electron chi connectivity index (χ2n) is 4.28. The van der Waals surface area contributed by atoms with E-state index in [1.165, 1.54) is 5.56 Å². The predicted molar refractivity (Wildman–Crippen MR) is 74.2 cm³/mol. The third-order valence-electron chi connectivity index (χ3n) is 3.38. The summed E-state index contributed by atoms with van der Waals surface area (Å²) in [5.74, 6) is 1.91. The highest BCUT2D eigenvalue weighted by Gasteiger charge is 2.20. The van der Waals surface area contributed by atoms with Gasteiger partial charge in [-0.1, -0.05) is 19.4 Å². The van der Waals surface area contributed by atoms with E-state index in [4.69, 9.17) is 15.2 Å². The highest BCUT2D eigenvalue weighted by Crippen LogP contribution is 2.32. The summed E-state index contributed by atoms with van der Waals surface area (Å²) >= 11 is 0. The van der Waals surface area contributed by atoms with Crippen LogP contribution in [0.25, 0.3) is 0 Å². The molecular formula is C14H24N2O2. The van der Waals surface area contributed by atoms with Crippen molar-refractivity contribution in [3.63, 3.8) is 0 Å². The minimum absolute atomic E-state index is 0.236. The molecule has 18 heavy (non-hydrogen) atoms. The van der Waals surface area contributed by atoms with Gasteiger partial charge in [-0.15, -0.1) is 0 Å². The van der Waals surface area contributed by atoms with Gasteiger partial charge in [0.2, 0.25) is 0 Å². The zero-order valence-electron chi connectivity index (χ0n) is 11.7. The van der Waals surface area contributed by atoms with Gasteiger partial charge in [-0.3, -0.25) is 0 Å². The molecule has 0 heterocycles. The fourth-order valence-electron chi connectivity index (χ4n) is 2.26. The van der Waals surface area contributed by atoms with E-state index >= 15 is 0 Å².